The number of nitrogens with two attached hydrogens (primary N) is 1. The molecular weight excluding hydrogens is 1330 g/mol. The highest BCUT2D eigenvalue weighted by molar-refractivity contribution is 5.95. The largest absolute Gasteiger partial charge is 0.508 e. The minimum atomic E-state index is -1.51. The molecule has 2 aromatic rings. The van der Waals surface area contributed by atoms with Gasteiger partial charge < -0.3 is 83.6 Å². The van der Waals surface area contributed by atoms with E-state index in [9.17, 15) is 108 Å². The summed E-state index contributed by atoms with van der Waals surface area (Å²) in [5.74, 6) is -13.8. The number of carbonyl (C=O) groups excluding carboxylic acids is 5. The summed E-state index contributed by atoms with van der Waals surface area (Å²) in [5, 5.41) is 106. The summed E-state index contributed by atoms with van der Waals surface area (Å²) >= 11 is 0. The fourth-order valence-corrected chi connectivity index (χ4v) is 11.8. The number of carboxylic acid groups (broad SMARTS) is 8. The van der Waals surface area contributed by atoms with E-state index in [4.69, 9.17) is 5.73 Å². The van der Waals surface area contributed by atoms with Crippen LogP contribution in [0.1, 0.15) is 56.6 Å². The van der Waals surface area contributed by atoms with Crippen molar-refractivity contribution in [3.8, 4) is 5.75 Å². The molecule has 0 saturated carbocycles. The molecule has 0 bridgehead atoms. The quantitative estimate of drug-likeness (QED) is 0.0278. The van der Waals surface area contributed by atoms with E-state index in [0.29, 0.717) is 11.1 Å². The van der Waals surface area contributed by atoms with Gasteiger partial charge in [-0.05, 0) is 74.9 Å². The Balaban J connectivity index is 1.62. The molecule has 37 heteroatoms. The smallest absolute Gasteiger partial charge is 0.317 e. The van der Waals surface area contributed by atoms with Gasteiger partial charge in [-0.25, -0.2) is 0 Å². The first kappa shape index (κ1) is 84.4. The number of aliphatic carboxylic acids is 8. The normalized spacial score (nSPS) is 18.6. The van der Waals surface area contributed by atoms with E-state index >= 15 is 0 Å². The first-order chi connectivity index (χ1) is 47.9. The Hall–Kier alpha value is -9.05. The Bertz CT molecular complexity index is 3050. The van der Waals surface area contributed by atoms with E-state index in [1.807, 2.05) is 0 Å². The van der Waals surface area contributed by atoms with E-state index in [-0.39, 0.29) is 162 Å². The number of carbonyl (C=O) groups is 13. The maximum atomic E-state index is 14.9. The molecule has 5 amide bonds. The number of benzene rings is 2. The van der Waals surface area contributed by atoms with Crippen LogP contribution in [-0.2, 0) is 75.2 Å². The summed E-state index contributed by atoms with van der Waals surface area (Å²) < 4.78 is 0. The molecule has 2 aliphatic rings. The lowest BCUT2D eigenvalue weighted by atomic mass is 10.0. The van der Waals surface area contributed by atoms with E-state index in [1.54, 1.807) is 40.1 Å². The number of nitrogens with zero attached hydrogens (tertiary/aromatic N) is 8. The van der Waals surface area contributed by atoms with Gasteiger partial charge in [-0.1, -0.05) is 42.5 Å². The van der Waals surface area contributed by atoms with E-state index in [0.717, 1.165) is 0 Å². The molecule has 2 fully saturated rings. The SMILES string of the molecule is CC(=O)N[C@H](Cc1ccccc1)C(=O)N[C@H](CCCCNC1CN(CC(=O)O)CCN(CC(=O)O)CCN(CC(=O)O)CCN1CC(=O)O)C(=O)N[C@H](Cc1ccc(O)cc1)C(=O)N[C@H](CCCCNC1CN(CC(=O)O)CCN(CC(=O)O)CCN(CC(=O)O)CCN1CC(=O)O)C(N)=O. The second kappa shape index (κ2) is 44.9. The number of hydrogen-bond donors (Lipinski definition) is 16. The topological polar surface area (TPSA) is 528 Å². The van der Waals surface area contributed by atoms with Gasteiger partial charge in [0.25, 0.3) is 0 Å². The second-order valence-electron chi connectivity index (χ2n) is 25.0. The van der Waals surface area contributed by atoms with Crippen LogP contribution in [0, 0.1) is 0 Å². The van der Waals surface area contributed by atoms with Gasteiger partial charge in [0.2, 0.25) is 29.5 Å². The summed E-state index contributed by atoms with van der Waals surface area (Å²) in [6, 6.07) is 8.75. The molecule has 0 aromatic heterocycles. The van der Waals surface area contributed by atoms with Crippen LogP contribution in [0.3, 0.4) is 0 Å². The Morgan fingerprint density at radius 1 is 0.386 bits per heavy atom. The van der Waals surface area contributed by atoms with Gasteiger partial charge >= 0.3 is 47.8 Å². The molecule has 17 N–H and O–H groups in total. The van der Waals surface area contributed by atoms with E-state index in [2.05, 4.69) is 31.9 Å². The third kappa shape index (κ3) is 35.2. The zero-order valence-electron chi connectivity index (χ0n) is 56.8. The number of phenols is 1. The second-order valence-corrected chi connectivity index (χ2v) is 25.0. The number of primary amides is 1. The van der Waals surface area contributed by atoms with Crippen molar-refractivity contribution in [3.63, 3.8) is 0 Å². The number of hydrogen-bond acceptors (Lipinski definition) is 24. The van der Waals surface area contributed by atoms with Crippen molar-refractivity contribution < 1.29 is 108 Å². The average Bonchev–Trinajstić information content (AvgIpc) is 0.868. The fraction of sp³-hybridized carbons (Fsp3) is 0.609. The number of rotatable bonds is 40. The summed E-state index contributed by atoms with van der Waals surface area (Å²) in [6.07, 6.45) is -1.51. The molecule has 0 spiro atoms. The number of unbranched alkanes of at least 4 members (excludes halogenated alkanes) is 2. The molecule has 4 rings (SSSR count). The first-order valence-corrected chi connectivity index (χ1v) is 33.2. The maximum absolute atomic E-state index is 14.9. The molecule has 562 valence electrons. The minimum Gasteiger partial charge on any atom is -0.508 e. The van der Waals surface area contributed by atoms with Gasteiger partial charge in [-0.2, -0.15) is 0 Å². The highest BCUT2D eigenvalue weighted by Gasteiger charge is 2.34. The van der Waals surface area contributed by atoms with Gasteiger partial charge in [-0.15, -0.1) is 0 Å². The molecule has 2 unspecified atom stereocenters. The van der Waals surface area contributed by atoms with Crippen molar-refractivity contribution in [1.82, 2.24) is 71.1 Å². The standard InChI is InChI=1S/C64H99N15O22/c1-43(80)68-49(31-44-9-3-2-4-10-44)63(100)70-48(12-6-8-18-67-52-34-77(40-58(92)93)26-24-73(36-54(84)85)20-22-75(38-56(88)89)28-30-79(52)42-60(96)97)62(99)71-50(32-45-13-15-46(81)16-14-45)64(101)69-47(61(65)98)11-5-7-17-66-51-33-76(39-57(90)91)25-23-72(35-53(82)83)19-21-74(37-55(86)87)27-29-78(51)41-59(94)95/h2-4,9-10,13-16,47-52,66-67,81H,5-8,11-12,17-42H2,1H3,(H2,65,98)(H,68,80)(H,69,101)(H,70,100)(H,71,99)(H,82,83)(H,84,85)(H,86,87)(H,88,89)(H,90,91)(H,92,93)(H,94,95)(H,96,97)/t47-,48-,49-,50-,51?,52?/m1/s1. The molecule has 0 radical (unpaired) electrons. The number of aromatic hydroxyl groups is 1. The van der Waals surface area contributed by atoms with Gasteiger partial charge in [-0.3, -0.25) is 102 Å². The lowest BCUT2D eigenvalue weighted by Gasteiger charge is -2.38. The molecule has 2 saturated heterocycles. The lowest BCUT2D eigenvalue weighted by Crippen LogP contribution is -2.58. The van der Waals surface area contributed by atoms with Crippen molar-refractivity contribution in [3.05, 3.63) is 65.7 Å². The minimum absolute atomic E-state index is 0.0128. The first-order valence-electron chi connectivity index (χ1n) is 33.2. The van der Waals surface area contributed by atoms with Gasteiger partial charge in [0, 0.05) is 111 Å². The lowest BCUT2D eigenvalue weighted by molar-refractivity contribution is -0.142. The zero-order valence-corrected chi connectivity index (χ0v) is 56.8. The summed E-state index contributed by atoms with van der Waals surface area (Å²) in [5.41, 5.74) is 6.96. The summed E-state index contributed by atoms with van der Waals surface area (Å²) in [4.78, 5) is 178. The van der Waals surface area contributed by atoms with Crippen LogP contribution in [0.2, 0.25) is 0 Å². The van der Waals surface area contributed by atoms with Crippen LogP contribution in [-0.4, -0.2) is 356 Å². The monoisotopic (exact) mass is 1430 g/mol. The highest BCUT2D eigenvalue weighted by Crippen LogP contribution is 2.16. The summed E-state index contributed by atoms with van der Waals surface area (Å²) in [7, 11) is 0. The van der Waals surface area contributed by atoms with Gasteiger partial charge in [0.1, 0.15) is 29.9 Å². The third-order valence-corrected chi connectivity index (χ3v) is 16.8. The molecule has 0 aliphatic carbocycles. The van der Waals surface area contributed by atoms with E-state index < -0.39 is 166 Å². The number of nitrogens with one attached hydrogen (secondary N) is 6. The van der Waals surface area contributed by atoms with Crippen molar-refractivity contribution in [2.75, 3.05) is 157 Å². The van der Waals surface area contributed by atoms with Crippen molar-refractivity contribution in [1.29, 1.82) is 0 Å². The molecule has 101 heavy (non-hydrogen) atoms. The third-order valence-electron chi connectivity index (χ3n) is 16.8. The van der Waals surface area contributed by atoms with Gasteiger partial charge in [0.15, 0.2) is 0 Å². The zero-order chi connectivity index (χ0) is 74.6. The number of phenolic OH excluding ortho intramolecular Hbond substituents is 1. The summed E-state index contributed by atoms with van der Waals surface area (Å²) in [6.45, 7) is -2.04. The van der Waals surface area contributed by atoms with Crippen LogP contribution in [0.25, 0.3) is 0 Å². The van der Waals surface area contributed by atoms with Crippen molar-refractivity contribution in [2.45, 2.75) is 94.8 Å². The van der Waals surface area contributed by atoms with Crippen LogP contribution >= 0.6 is 0 Å². The Morgan fingerprint density at radius 3 is 1.06 bits per heavy atom. The maximum Gasteiger partial charge on any atom is 0.317 e. The fourth-order valence-electron chi connectivity index (χ4n) is 11.8. The molecule has 2 heterocycles. The molecule has 2 aromatic carbocycles. The predicted molar refractivity (Wildman–Crippen MR) is 359 cm³/mol. The molecular formula is C64H99N15O22. The van der Waals surface area contributed by atoms with E-state index in [1.165, 1.54) is 60.6 Å². The van der Waals surface area contributed by atoms with Gasteiger partial charge in [0.05, 0.1) is 64.7 Å². The molecule has 37 nitrogen and oxygen atoms in total. The van der Waals surface area contributed by atoms with Crippen LogP contribution < -0.4 is 37.6 Å². The Labute approximate surface area is 583 Å². The average molecular weight is 1430 g/mol. The Morgan fingerprint density at radius 2 is 0.693 bits per heavy atom. The molecule has 2 aliphatic heterocycles. The highest BCUT2D eigenvalue weighted by atomic mass is 16.4. The van der Waals surface area contributed by atoms with Crippen LogP contribution in [0.4, 0.5) is 0 Å². The number of carboxylic acids is 8. The number of amides is 5. The molecule has 6 atom stereocenters. The van der Waals surface area contributed by atoms with Crippen molar-refractivity contribution in [2.24, 2.45) is 5.73 Å². The van der Waals surface area contributed by atoms with Crippen molar-refractivity contribution >= 4 is 77.3 Å². The van der Waals surface area contributed by atoms with Crippen LogP contribution in [0.5, 0.6) is 5.75 Å². The Kier molecular flexibility index (Phi) is 37.5. The predicted octanol–water partition coefficient (Wildman–Crippen LogP) is -5.09. The van der Waals surface area contributed by atoms with Crippen LogP contribution in [0.15, 0.2) is 54.6 Å².